The Balaban J connectivity index is 2.68. The quantitative estimate of drug-likeness (QED) is 0.845. The molecule has 1 aromatic heterocycles. The maximum absolute atomic E-state index is 12.0. The van der Waals surface area contributed by atoms with Crippen LogP contribution < -0.4 is 0 Å². The monoisotopic (exact) mass is 248 g/mol. The van der Waals surface area contributed by atoms with Crippen LogP contribution in [-0.2, 0) is 4.74 Å². The van der Waals surface area contributed by atoms with Crippen LogP contribution in [0.5, 0.6) is 5.75 Å². The van der Waals surface area contributed by atoms with Crippen molar-refractivity contribution in [1.29, 1.82) is 0 Å². The molecule has 0 aliphatic heterocycles. The Labute approximate surface area is 105 Å². The van der Waals surface area contributed by atoms with Gasteiger partial charge in [-0.3, -0.25) is 0 Å². The predicted molar refractivity (Wildman–Crippen MR) is 67.9 cm³/mol. The molecule has 0 atom stereocenters. The summed E-state index contributed by atoms with van der Waals surface area (Å²) >= 11 is 0. The van der Waals surface area contributed by atoms with Crippen molar-refractivity contribution < 1.29 is 19.1 Å². The molecule has 0 radical (unpaired) electrons. The minimum absolute atomic E-state index is 0.0685. The van der Waals surface area contributed by atoms with Crippen LogP contribution >= 0.6 is 0 Å². The minimum Gasteiger partial charge on any atom is -0.508 e. The third-order valence-electron chi connectivity index (χ3n) is 2.70. The van der Waals surface area contributed by atoms with Crippen molar-refractivity contribution in [3.63, 3.8) is 0 Å². The molecule has 4 heteroatoms. The number of esters is 1. The number of fused-ring (bicyclic) bond motifs is 1. The Hall–Kier alpha value is -1.97. The number of benzene rings is 1. The van der Waals surface area contributed by atoms with E-state index in [-0.39, 0.29) is 11.7 Å². The van der Waals surface area contributed by atoms with Crippen LogP contribution in [-0.4, -0.2) is 17.7 Å². The molecular formula is C14H16O4. The largest absolute Gasteiger partial charge is 0.508 e. The van der Waals surface area contributed by atoms with Gasteiger partial charge in [0.1, 0.15) is 22.7 Å². The average molecular weight is 248 g/mol. The number of hydrogen-bond acceptors (Lipinski definition) is 4. The van der Waals surface area contributed by atoms with Gasteiger partial charge >= 0.3 is 5.97 Å². The zero-order chi connectivity index (χ0) is 13.3. The van der Waals surface area contributed by atoms with Crippen molar-refractivity contribution in [2.45, 2.75) is 26.7 Å². The van der Waals surface area contributed by atoms with Gasteiger partial charge in [-0.2, -0.15) is 0 Å². The second-order valence-corrected chi connectivity index (χ2v) is 4.40. The number of carbonyl (C=O) groups is 1. The van der Waals surface area contributed by atoms with E-state index in [1.807, 2.05) is 13.8 Å². The number of rotatable bonds is 3. The summed E-state index contributed by atoms with van der Waals surface area (Å²) in [5.41, 5.74) is 0.998. The maximum Gasteiger partial charge on any atom is 0.342 e. The minimum atomic E-state index is -0.412. The first-order chi connectivity index (χ1) is 8.54. The molecule has 0 amide bonds. The van der Waals surface area contributed by atoms with E-state index in [2.05, 4.69) is 0 Å². The van der Waals surface area contributed by atoms with Crippen molar-refractivity contribution in [3.05, 3.63) is 29.5 Å². The summed E-state index contributed by atoms with van der Waals surface area (Å²) < 4.78 is 10.7. The average Bonchev–Trinajstić information content (AvgIpc) is 2.67. The van der Waals surface area contributed by atoms with Crippen LogP contribution in [0.3, 0.4) is 0 Å². The van der Waals surface area contributed by atoms with Crippen molar-refractivity contribution in [1.82, 2.24) is 0 Å². The second-order valence-electron chi connectivity index (χ2n) is 4.40. The van der Waals surface area contributed by atoms with Gasteiger partial charge in [-0.15, -0.1) is 0 Å². The highest BCUT2D eigenvalue weighted by Gasteiger charge is 2.23. The fraction of sp³-hybridized carbons (Fsp3) is 0.357. The van der Waals surface area contributed by atoms with Gasteiger partial charge in [-0.05, 0) is 25.1 Å². The molecule has 1 heterocycles. The van der Waals surface area contributed by atoms with E-state index >= 15 is 0 Å². The summed E-state index contributed by atoms with van der Waals surface area (Å²) in [4.78, 5) is 12.0. The summed E-state index contributed by atoms with van der Waals surface area (Å²) in [5, 5.41) is 10.1. The van der Waals surface area contributed by atoms with E-state index in [1.54, 1.807) is 13.0 Å². The Kier molecular flexibility index (Phi) is 3.28. The zero-order valence-corrected chi connectivity index (χ0v) is 10.7. The van der Waals surface area contributed by atoms with Gasteiger partial charge in [0, 0.05) is 11.3 Å². The van der Waals surface area contributed by atoms with Gasteiger partial charge in [0.25, 0.3) is 0 Å². The zero-order valence-electron chi connectivity index (χ0n) is 10.7. The number of phenols is 1. The smallest absolute Gasteiger partial charge is 0.342 e. The van der Waals surface area contributed by atoms with Crippen LogP contribution in [0.15, 0.2) is 22.6 Å². The van der Waals surface area contributed by atoms with Gasteiger partial charge in [0.15, 0.2) is 0 Å². The fourth-order valence-electron chi connectivity index (χ4n) is 1.92. The Morgan fingerprint density at radius 2 is 2.17 bits per heavy atom. The van der Waals surface area contributed by atoms with Crippen molar-refractivity contribution in [3.8, 4) is 5.75 Å². The molecule has 2 aromatic rings. The van der Waals surface area contributed by atoms with Gasteiger partial charge in [0.05, 0.1) is 6.61 Å². The van der Waals surface area contributed by atoms with E-state index in [4.69, 9.17) is 9.15 Å². The summed E-state index contributed by atoms with van der Waals surface area (Å²) in [6.45, 7) is 5.95. The first-order valence-electron chi connectivity index (χ1n) is 5.97. The molecule has 0 aliphatic rings. The Morgan fingerprint density at radius 1 is 1.44 bits per heavy atom. The number of carbonyl (C=O) groups excluding carboxylic acids is 1. The van der Waals surface area contributed by atoms with Crippen molar-refractivity contribution in [2.75, 3.05) is 6.61 Å². The highest BCUT2D eigenvalue weighted by molar-refractivity contribution is 6.05. The molecule has 96 valence electrons. The third kappa shape index (κ3) is 2.06. The number of ether oxygens (including phenoxy) is 1. The molecule has 0 unspecified atom stereocenters. The van der Waals surface area contributed by atoms with Gasteiger partial charge in [0.2, 0.25) is 0 Å². The number of aromatic hydroxyl groups is 1. The topological polar surface area (TPSA) is 59.7 Å². The van der Waals surface area contributed by atoms with Crippen molar-refractivity contribution in [2.24, 2.45) is 0 Å². The molecule has 0 spiro atoms. The molecule has 18 heavy (non-hydrogen) atoms. The second kappa shape index (κ2) is 4.72. The fourth-order valence-corrected chi connectivity index (χ4v) is 1.92. The third-order valence-corrected chi connectivity index (χ3v) is 2.70. The molecule has 0 bridgehead atoms. The van der Waals surface area contributed by atoms with E-state index in [0.29, 0.717) is 28.9 Å². The molecule has 0 saturated heterocycles. The summed E-state index contributed by atoms with van der Waals surface area (Å²) in [6, 6.07) is 4.71. The Morgan fingerprint density at radius 3 is 2.78 bits per heavy atom. The lowest BCUT2D eigenvalue weighted by atomic mass is 10.0. The first-order valence-corrected chi connectivity index (χ1v) is 5.97. The molecule has 0 saturated carbocycles. The molecule has 1 aromatic carbocycles. The van der Waals surface area contributed by atoms with E-state index < -0.39 is 5.97 Å². The SMILES string of the molecule is CCOC(=O)c1c(C(C)C)oc2ccc(O)cc12. The lowest BCUT2D eigenvalue weighted by Crippen LogP contribution is -2.07. The molecule has 0 fully saturated rings. The van der Waals surface area contributed by atoms with Crippen LogP contribution in [0.2, 0.25) is 0 Å². The predicted octanol–water partition coefficient (Wildman–Crippen LogP) is 3.44. The maximum atomic E-state index is 12.0. The van der Waals surface area contributed by atoms with Gasteiger partial charge in [-0.25, -0.2) is 4.79 Å². The van der Waals surface area contributed by atoms with Crippen LogP contribution in [0, 0.1) is 0 Å². The molecule has 1 N–H and O–H groups in total. The van der Waals surface area contributed by atoms with E-state index in [0.717, 1.165) is 0 Å². The van der Waals surface area contributed by atoms with Crippen molar-refractivity contribution >= 4 is 16.9 Å². The van der Waals surface area contributed by atoms with E-state index in [1.165, 1.54) is 12.1 Å². The standard InChI is InChI=1S/C14H16O4/c1-4-17-14(16)12-10-7-9(15)5-6-11(10)18-13(12)8(2)3/h5-8,15H,4H2,1-3H3. The summed E-state index contributed by atoms with van der Waals surface area (Å²) in [7, 11) is 0. The highest BCUT2D eigenvalue weighted by atomic mass is 16.5. The Bertz CT molecular complexity index is 581. The van der Waals surface area contributed by atoms with Crippen LogP contribution in [0.1, 0.15) is 42.8 Å². The summed E-state index contributed by atoms with van der Waals surface area (Å²) in [5.74, 6) is 0.350. The normalized spacial score (nSPS) is 11.1. The number of furan rings is 1. The first kappa shape index (κ1) is 12.5. The van der Waals surface area contributed by atoms with Gasteiger partial charge in [-0.1, -0.05) is 13.8 Å². The number of hydrogen-bond donors (Lipinski definition) is 1. The number of phenolic OH excluding ortho intramolecular Hbond substituents is 1. The molecule has 2 rings (SSSR count). The van der Waals surface area contributed by atoms with Gasteiger partial charge < -0.3 is 14.3 Å². The lowest BCUT2D eigenvalue weighted by Gasteiger charge is -2.05. The lowest BCUT2D eigenvalue weighted by molar-refractivity contribution is 0.0525. The molecule has 4 nitrogen and oxygen atoms in total. The summed E-state index contributed by atoms with van der Waals surface area (Å²) in [6.07, 6.45) is 0. The van der Waals surface area contributed by atoms with E-state index in [9.17, 15) is 9.90 Å². The molecule has 0 aliphatic carbocycles. The highest BCUT2D eigenvalue weighted by Crippen LogP contribution is 2.33. The van der Waals surface area contributed by atoms with Crippen LogP contribution in [0.25, 0.3) is 11.0 Å². The van der Waals surface area contributed by atoms with Crippen LogP contribution in [0.4, 0.5) is 0 Å². The molecular weight excluding hydrogens is 232 g/mol.